The number of nitrogens with zero attached hydrogens (tertiary/aromatic N) is 1. The molecule has 0 saturated heterocycles. The van der Waals surface area contributed by atoms with Gasteiger partial charge in [0.1, 0.15) is 0 Å². The van der Waals surface area contributed by atoms with Crippen molar-refractivity contribution >= 4 is 16.6 Å². The highest BCUT2D eigenvalue weighted by Crippen LogP contribution is 2.38. The van der Waals surface area contributed by atoms with Gasteiger partial charge in [0.05, 0.1) is 5.52 Å². The largest absolute Gasteiger partial charge is 0.381 e. The first-order chi connectivity index (χ1) is 9.20. The lowest BCUT2D eigenvalue weighted by Gasteiger charge is -2.12. The molecule has 0 aliphatic heterocycles. The molecule has 1 aliphatic rings. The monoisotopic (exact) mass is 256 g/mol. The maximum absolute atomic E-state index is 12.0. The number of aryl methyl sites for hydroxylation is 1. The predicted molar refractivity (Wildman–Crippen MR) is 79.6 cm³/mol. The Morgan fingerprint density at radius 3 is 2.95 bits per heavy atom. The van der Waals surface area contributed by atoms with E-state index in [0.29, 0.717) is 6.04 Å². The molecule has 1 heterocycles. The molecule has 2 atom stereocenters. The Morgan fingerprint density at radius 2 is 2.16 bits per heavy atom. The van der Waals surface area contributed by atoms with Crippen molar-refractivity contribution in [3.63, 3.8) is 0 Å². The molecule has 3 heteroatoms. The second-order valence-electron chi connectivity index (χ2n) is 5.51. The molecule has 0 amide bonds. The zero-order valence-electron chi connectivity index (χ0n) is 11.5. The van der Waals surface area contributed by atoms with E-state index in [9.17, 15) is 4.79 Å². The van der Waals surface area contributed by atoms with E-state index in [1.165, 1.54) is 19.3 Å². The summed E-state index contributed by atoms with van der Waals surface area (Å²) in [6.07, 6.45) is 3.75. The van der Waals surface area contributed by atoms with E-state index in [1.54, 1.807) is 10.6 Å². The molecule has 2 aromatic rings. The van der Waals surface area contributed by atoms with E-state index in [4.69, 9.17) is 0 Å². The zero-order valence-corrected chi connectivity index (χ0v) is 11.5. The fourth-order valence-electron chi connectivity index (χ4n) is 2.84. The first-order valence-electron chi connectivity index (χ1n) is 7.06. The quantitative estimate of drug-likeness (QED) is 0.912. The van der Waals surface area contributed by atoms with Gasteiger partial charge >= 0.3 is 0 Å². The molecule has 1 saturated carbocycles. The molecule has 0 bridgehead atoms. The van der Waals surface area contributed by atoms with Gasteiger partial charge in [0, 0.05) is 30.2 Å². The fourth-order valence-corrected chi connectivity index (χ4v) is 2.84. The average Bonchev–Trinajstić information content (AvgIpc) is 3.14. The molecule has 3 nitrogen and oxygen atoms in total. The second-order valence-corrected chi connectivity index (χ2v) is 5.51. The van der Waals surface area contributed by atoms with Crippen LogP contribution in [0.15, 0.2) is 35.1 Å². The minimum atomic E-state index is 0.0499. The summed E-state index contributed by atoms with van der Waals surface area (Å²) >= 11 is 0. The van der Waals surface area contributed by atoms with Gasteiger partial charge in [-0.2, -0.15) is 0 Å². The molecule has 1 aromatic heterocycles. The smallest absolute Gasteiger partial charge is 0.252 e. The second kappa shape index (κ2) is 4.72. The van der Waals surface area contributed by atoms with E-state index in [0.717, 1.165) is 22.5 Å². The van der Waals surface area contributed by atoms with Gasteiger partial charge in [0.15, 0.2) is 0 Å². The highest BCUT2D eigenvalue weighted by molar-refractivity contribution is 5.91. The van der Waals surface area contributed by atoms with E-state index in [-0.39, 0.29) is 5.56 Å². The number of aromatic nitrogens is 1. The van der Waals surface area contributed by atoms with Gasteiger partial charge in [0.25, 0.3) is 5.56 Å². The van der Waals surface area contributed by atoms with Crippen LogP contribution in [0.1, 0.15) is 26.2 Å². The standard InChI is InChI=1S/C16H20N2O/c1-3-6-11-9-13(11)17-14-10-16(19)18(2)15-8-5-4-7-12(14)15/h4-5,7-8,10-11,13,17H,3,6,9H2,1-2H3. The minimum Gasteiger partial charge on any atom is -0.381 e. The number of fused-ring (bicyclic) bond motifs is 1. The van der Waals surface area contributed by atoms with Crippen LogP contribution >= 0.6 is 0 Å². The molecule has 0 radical (unpaired) electrons. The number of para-hydroxylation sites is 1. The molecule has 1 aromatic carbocycles. The molecule has 3 rings (SSSR count). The predicted octanol–water partition coefficient (Wildman–Crippen LogP) is 3.14. The molecular formula is C16H20N2O. The summed E-state index contributed by atoms with van der Waals surface area (Å²) in [5.41, 5.74) is 2.03. The van der Waals surface area contributed by atoms with Crippen LogP contribution in [0, 0.1) is 5.92 Å². The highest BCUT2D eigenvalue weighted by Gasteiger charge is 2.36. The molecular weight excluding hydrogens is 236 g/mol. The normalized spacial score (nSPS) is 21.6. The van der Waals surface area contributed by atoms with E-state index in [2.05, 4.69) is 18.3 Å². The maximum Gasteiger partial charge on any atom is 0.252 e. The number of rotatable bonds is 4. The SMILES string of the molecule is CCCC1CC1Nc1cc(=O)n(C)c2ccccc12. The van der Waals surface area contributed by atoms with Crippen LogP contribution in [0.25, 0.3) is 10.9 Å². The van der Waals surface area contributed by atoms with Gasteiger partial charge in [-0.1, -0.05) is 31.5 Å². The Bertz CT molecular complexity index is 659. The lowest BCUT2D eigenvalue weighted by Crippen LogP contribution is -2.18. The molecule has 1 N–H and O–H groups in total. The van der Waals surface area contributed by atoms with Crippen molar-refractivity contribution in [2.45, 2.75) is 32.2 Å². The fraction of sp³-hybridized carbons (Fsp3) is 0.438. The molecule has 1 fully saturated rings. The first kappa shape index (κ1) is 12.3. The number of benzene rings is 1. The Hall–Kier alpha value is -1.77. The van der Waals surface area contributed by atoms with Gasteiger partial charge in [-0.15, -0.1) is 0 Å². The zero-order chi connectivity index (χ0) is 13.4. The lowest BCUT2D eigenvalue weighted by molar-refractivity contribution is 0.693. The third kappa shape index (κ3) is 2.25. The molecule has 100 valence electrons. The van der Waals surface area contributed by atoms with Crippen LogP contribution in [0.3, 0.4) is 0 Å². The summed E-state index contributed by atoms with van der Waals surface area (Å²) in [7, 11) is 1.82. The number of nitrogens with one attached hydrogen (secondary N) is 1. The summed E-state index contributed by atoms with van der Waals surface area (Å²) in [6.45, 7) is 2.23. The average molecular weight is 256 g/mol. The van der Waals surface area contributed by atoms with Crippen LogP contribution < -0.4 is 10.9 Å². The topological polar surface area (TPSA) is 34.0 Å². The van der Waals surface area contributed by atoms with Crippen molar-refractivity contribution in [1.29, 1.82) is 0 Å². The van der Waals surface area contributed by atoms with E-state index >= 15 is 0 Å². The van der Waals surface area contributed by atoms with Gasteiger partial charge in [0.2, 0.25) is 0 Å². The van der Waals surface area contributed by atoms with Gasteiger partial charge in [-0.05, 0) is 24.8 Å². The molecule has 2 unspecified atom stereocenters. The Kier molecular flexibility index (Phi) is 3.05. The molecule has 19 heavy (non-hydrogen) atoms. The van der Waals surface area contributed by atoms with Gasteiger partial charge in [-0.3, -0.25) is 4.79 Å². The number of hydrogen-bond donors (Lipinski definition) is 1. The Labute approximate surface area is 113 Å². The van der Waals surface area contributed by atoms with Gasteiger partial charge < -0.3 is 9.88 Å². The number of hydrogen-bond acceptors (Lipinski definition) is 2. The van der Waals surface area contributed by atoms with Crippen molar-refractivity contribution < 1.29 is 0 Å². The van der Waals surface area contributed by atoms with Crippen molar-refractivity contribution in [1.82, 2.24) is 4.57 Å². The summed E-state index contributed by atoms with van der Waals surface area (Å²) in [5.74, 6) is 0.785. The van der Waals surface area contributed by atoms with Crippen LogP contribution in [0.5, 0.6) is 0 Å². The number of pyridine rings is 1. The number of anilines is 1. The lowest BCUT2D eigenvalue weighted by atomic mass is 10.1. The Balaban J connectivity index is 1.96. The van der Waals surface area contributed by atoms with Crippen molar-refractivity contribution in [3.05, 3.63) is 40.7 Å². The van der Waals surface area contributed by atoms with Crippen LogP contribution in [0.2, 0.25) is 0 Å². The third-order valence-electron chi connectivity index (χ3n) is 4.08. The van der Waals surface area contributed by atoms with Gasteiger partial charge in [-0.25, -0.2) is 0 Å². The highest BCUT2D eigenvalue weighted by atomic mass is 16.1. The van der Waals surface area contributed by atoms with Crippen molar-refractivity contribution in [3.8, 4) is 0 Å². The van der Waals surface area contributed by atoms with Crippen LogP contribution in [-0.2, 0) is 7.05 Å². The van der Waals surface area contributed by atoms with Crippen molar-refractivity contribution in [2.24, 2.45) is 13.0 Å². The summed E-state index contributed by atoms with van der Waals surface area (Å²) in [4.78, 5) is 12.0. The summed E-state index contributed by atoms with van der Waals surface area (Å²) < 4.78 is 1.71. The molecule has 0 spiro atoms. The van der Waals surface area contributed by atoms with Crippen molar-refractivity contribution in [2.75, 3.05) is 5.32 Å². The van der Waals surface area contributed by atoms with E-state index in [1.807, 2.05) is 25.2 Å². The van der Waals surface area contributed by atoms with E-state index < -0.39 is 0 Å². The molecule has 1 aliphatic carbocycles. The first-order valence-corrected chi connectivity index (χ1v) is 7.06. The Morgan fingerprint density at radius 1 is 1.37 bits per heavy atom. The summed E-state index contributed by atoms with van der Waals surface area (Å²) in [5, 5.41) is 4.68. The van der Waals surface area contributed by atoms with Crippen LogP contribution in [-0.4, -0.2) is 10.6 Å². The summed E-state index contributed by atoms with van der Waals surface area (Å²) in [6, 6.07) is 10.4. The maximum atomic E-state index is 12.0. The minimum absolute atomic E-state index is 0.0499. The van der Waals surface area contributed by atoms with Crippen LogP contribution in [0.4, 0.5) is 5.69 Å². The third-order valence-corrected chi connectivity index (χ3v) is 4.08.